The Kier molecular flexibility index (Phi) is 4.06. The van der Waals surface area contributed by atoms with Crippen molar-refractivity contribution in [3.63, 3.8) is 0 Å². The molecule has 1 aliphatic carbocycles. The van der Waals surface area contributed by atoms with Crippen molar-refractivity contribution in [2.45, 2.75) is 25.4 Å². The molecule has 6 rings (SSSR count). The van der Waals surface area contributed by atoms with Crippen molar-refractivity contribution in [2.75, 3.05) is 0 Å². The van der Waals surface area contributed by atoms with E-state index in [1.807, 2.05) is 53.7 Å². The summed E-state index contributed by atoms with van der Waals surface area (Å²) in [7, 11) is 0. The van der Waals surface area contributed by atoms with Gasteiger partial charge in [-0.1, -0.05) is 6.07 Å². The molecule has 0 unspecified atom stereocenters. The Balaban J connectivity index is 1.36. The molecule has 0 aliphatic heterocycles. The minimum absolute atomic E-state index is 0.0316. The Morgan fingerprint density at radius 3 is 2.81 bits per heavy atom. The molecule has 5 aromatic rings. The molecule has 31 heavy (non-hydrogen) atoms. The molecule has 0 atom stereocenters. The van der Waals surface area contributed by atoms with E-state index in [4.69, 9.17) is 4.98 Å². The van der Waals surface area contributed by atoms with Gasteiger partial charge in [-0.2, -0.15) is 0 Å². The first-order valence-corrected chi connectivity index (χ1v) is 10.4. The highest BCUT2D eigenvalue weighted by molar-refractivity contribution is 6.06. The van der Waals surface area contributed by atoms with Gasteiger partial charge in [0, 0.05) is 59.9 Å². The summed E-state index contributed by atoms with van der Waals surface area (Å²) in [6.07, 6.45) is 11.1. The van der Waals surface area contributed by atoms with Crippen molar-refractivity contribution in [1.29, 1.82) is 0 Å². The molecule has 1 amide bonds. The van der Waals surface area contributed by atoms with E-state index in [9.17, 15) is 4.79 Å². The van der Waals surface area contributed by atoms with E-state index in [0.29, 0.717) is 23.8 Å². The van der Waals surface area contributed by atoms with Gasteiger partial charge < -0.3 is 14.9 Å². The van der Waals surface area contributed by atoms with Crippen LogP contribution in [0, 0.1) is 0 Å². The molecule has 2 N–H and O–H groups in total. The number of aromatic nitrogens is 5. The molecular weight excluding hydrogens is 388 g/mol. The van der Waals surface area contributed by atoms with Crippen molar-refractivity contribution in [1.82, 2.24) is 29.8 Å². The minimum Gasteiger partial charge on any atom is -0.346 e. The third-order valence-corrected chi connectivity index (χ3v) is 5.83. The number of carbonyl (C=O) groups excluding carboxylic acids is 1. The largest absolute Gasteiger partial charge is 0.346 e. The lowest BCUT2D eigenvalue weighted by atomic mass is 10.1. The van der Waals surface area contributed by atoms with Crippen LogP contribution < -0.4 is 0 Å². The van der Waals surface area contributed by atoms with E-state index in [2.05, 4.69) is 19.9 Å². The van der Waals surface area contributed by atoms with E-state index >= 15 is 0 Å². The molecule has 152 valence electrons. The van der Waals surface area contributed by atoms with Crippen LogP contribution in [-0.2, 0) is 6.54 Å². The first-order chi connectivity index (χ1) is 15.3. The Morgan fingerprint density at radius 2 is 1.97 bits per heavy atom. The number of rotatable bonds is 5. The average molecular weight is 408 g/mol. The Bertz CT molecular complexity index is 1400. The lowest BCUT2D eigenvalue weighted by Crippen LogP contribution is -2.32. The topological polar surface area (TPSA) is 90.6 Å². The third-order valence-electron chi connectivity index (χ3n) is 5.83. The summed E-state index contributed by atoms with van der Waals surface area (Å²) in [5.41, 5.74) is 5.08. The molecule has 1 saturated carbocycles. The highest BCUT2D eigenvalue weighted by atomic mass is 16.2. The summed E-state index contributed by atoms with van der Waals surface area (Å²) < 4.78 is 0. The molecule has 0 spiro atoms. The first-order valence-electron chi connectivity index (χ1n) is 10.4. The van der Waals surface area contributed by atoms with Crippen LogP contribution >= 0.6 is 0 Å². The molecular formula is C24H20N6O. The minimum atomic E-state index is 0.0316. The number of aromatic amines is 2. The van der Waals surface area contributed by atoms with Crippen LogP contribution in [0.25, 0.3) is 33.3 Å². The second-order valence-corrected chi connectivity index (χ2v) is 7.92. The van der Waals surface area contributed by atoms with Gasteiger partial charge in [0.2, 0.25) is 0 Å². The van der Waals surface area contributed by atoms with Crippen LogP contribution in [0.3, 0.4) is 0 Å². The molecule has 7 nitrogen and oxygen atoms in total. The monoisotopic (exact) mass is 408 g/mol. The van der Waals surface area contributed by atoms with E-state index in [0.717, 1.165) is 46.1 Å². The number of pyridine rings is 3. The summed E-state index contributed by atoms with van der Waals surface area (Å²) in [6.45, 7) is 0.567. The molecule has 0 bridgehead atoms. The summed E-state index contributed by atoms with van der Waals surface area (Å²) in [4.78, 5) is 35.1. The summed E-state index contributed by atoms with van der Waals surface area (Å²) in [5, 5.41) is 1.86. The highest BCUT2D eigenvalue weighted by Crippen LogP contribution is 2.32. The van der Waals surface area contributed by atoms with E-state index < -0.39 is 0 Å². The zero-order valence-electron chi connectivity index (χ0n) is 16.7. The molecule has 0 radical (unpaired) electrons. The Hall–Kier alpha value is -4.00. The van der Waals surface area contributed by atoms with E-state index in [1.165, 1.54) is 0 Å². The molecule has 1 aliphatic rings. The van der Waals surface area contributed by atoms with Crippen LogP contribution in [0.1, 0.15) is 28.8 Å². The van der Waals surface area contributed by atoms with Crippen LogP contribution in [0.5, 0.6) is 0 Å². The second-order valence-electron chi connectivity index (χ2n) is 7.92. The van der Waals surface area contributed by atoms with Gasteiger partial charge in [-0.15, -0.1) is 0 Å². The van der Waals surface area contributed by atoms with Crippen LogP contribution in [-0.4, -0.2) is 41.8 Å². The van der Waals surface area contributed by atoms with Crippen molar-refractivity contribution < 1.29 is 4.79 Å². The number of hydrogen-bond acceptors (Lipinski definition) is 4. The quantitative estimate of drug-likeness (QED) is 0.453. The number of fused-ring (bicyclic) bond motifs is 2. The summed E-state index contributed by atoms with van der Waals surface area (Å²) in [5.74, 6) is 0.0316. The van der Waals surface area contributed by atoms with Crippen molar-refractivity contribution in [3.05, 3.63) is 78.5 Å². The fourth-order valence-corrected chi connectivity index (χ4v) is 4.11. The number of carbonyl (C=O) groups is 1. The van der Waals surface area contributed by atoms with Crippen LogP contribution in [0.4, 0.5) is 0 Å². The van der Waals surface area contributed by atoms with Gasteiger partial charge in [-0.3, -0.25) is 9.78 Å². The van der Waals surface area contributed by atoms with Crippen molar-refractivity contribution >= 4 is 28.0 Å². The molecule has 1 fully saturated rings. The molecule has 5 aromatic heterocycles. The summed E-state index contributed by atoms with van der Waals surface area (Å²) in [6, 6.07) is 12.1. The Morgan fingerprint density at radius 1 is 1.03 bits per heavy atom. The zero-order chi connectivity index (χ0) is 20.8. The van der Waals surface area contributed by atoms with Gasteiger partial charge >= 0.3 is 0 Å². The standard InChI is InChI=1S/C24H20N6O/c31-24(30(16-3-4-16)14-15-2-1-9-25-12-15)20-13-28-23-18(20)5-6-21(29-23)17-7-10-26-22-19(17)8-11-27-22/h1-2,5-13,16H,3-4,14H2,(H,26,27)(H,28,29). The smallest absolute Gasteiger partial charge is 0.256 e. The fraction of sp³-hybridized carbons (Fsp3) is 0.167. The first kappa shape index (κ1) is 17.8. The SMILES string of the molecule is O=C(c1c[nH]c2nc(-c3ccnc4[nH]ccc34)ccc12)N(Cc1cccnc1)C1CC1. The maximum Gasteiger partial charge on any atom is 0.256 e. The number of nitrogens with one attached hydrogen (secondary N) is 2. The Labute approximate surface area is 178 Å². The maximum absolute atomic E-state index is 13.4. The van der Waals surface area contributed by atoms with E-state index in [-0.39, 0.29) is 5.91 Å². The van der Waals surface area contributed by atoms with E-state index in [1.54, 1.807) is 18.6 Å². The predicted octanol–water partition coefficient (Wildman–Crippen LogP) is 4.31. The van der Waals surface area contributed by atoms with Gasteiger partial charge in [-0.25, -0.2) is 9.97 Å². The molecule has 0 aromatic carbocycles. The number of amides is 1. The number of H-pyrrole nitrogens is 2. The second kappa shape index (κ2) is 7.05. The summed E-state index contributed by atoms with van der Waals surface area (Å²) >= 11 is 0. The number of hydrogen-bond donors (Lipinski definition) is 2. The third kappa shape index (κ3) is 3.15. The predicted molar refractivity (Wildman–Crippen MR) is 118 cm³/mol. The zero-order valence-corrected chi connectivity index (χ0v) is 16.7. The fourth-order valence-electron chi connectivity index (χ4n) is 4.11. The normalized spacial score (nSPS) is 13.7. The maximum atomic E-state index is 13.4. The van der Waals surface area contributed by atoms with Gasteiger partial charge in [0.05, 0.1) is 11.3 Å². The average Bonchev–Trinajstić information content (AvgIpc) is 3.37. The van der Waals surface area contributed by atoms with Gasteiger partial charge in [0.15, 0.2) is 0 Å². The molecule has 0 saturated heterocycles. The van der Waals surface area contributed by atoms with Gasteiger partial charge in [-0.05, 0) is 48.7 Å². The van der Waals surface area contributed by atoms with Crippen LogP contribution in [0.2, 0.25) is 0 Å². The highest BCUT2D eigenvalue weighted by Gasteiger charge is 2.34. The lowest BCUT2D eigenvalue weighted by Gasteiger charge is -2.22. The van der Waals surface area contributed by atoms with Crippen molar-refractivity contribution in [2.24, 2.45) is 0 Å². The number of nitrogens with zero attached hydrogens (tertiary/aromatic N) is 4. The van der Waals surface area contributed by atoms with Gasteiger partial charge in [0.25, 0.3) is 5.91 Å². The molecule has 7 heteroatoms. The van der Waals surface area contributed by atoms with Gasteiger partial charge in [0.1, 0.15) is 11.3 Å². The molecule has 5 heterocycles. The lowest BCUT2D eigenvalue weighted by molar-refractivity contribution is 0.0732. The van der Waals surface area contributed by atoms with Crippen molar-refractivity contribution in [3.8, 4) is 11.3 Å². The van der Waals surface area contributed by atoms with Crippen LogP contribution in [0.15, 0.2) is 67.4 Å².